The van der Waals surface area contributed by atoms with E-state index >= 15 is 0 Å². The minimum atomic E-state index is -0.750. The van der Waals surface area contributed by atoms with Crippen molar-refractivity contribution in [1.82, 2.24) is 10.2 Å². The first kappa shape index (κ1) is 15.4. The standard InChI is InChI=1S/C16H24F2N2/c1-11(2)20-9-5-6-12(10-19-3)16(20)13-7-4-8-14(17)15(13)18/h4,7-8,11-12,16,19H,5-6,9-10H2,1-3H3. The Morgan fingerprint density at radius 3 is 2.75 bits per heavy atom. The van der Waals surface area contributed by atoms with Gasteiger partial charge in [-0.1, -0.05) is 12.1 Å². The van der Waals surface area contributed by atoms with Gasteiger partial charge in [0.1, 0.15) is 0 Å². The molecule has 1 aliphatic rings. The maximum absolute atomic E-state index is 14.2. The second-order valence-corrected chi connectivity index (χ2v) is 5.88. The zero-order valence-corrected chi connectivity index (χ0v) is 12.5. The van der Waals surface area contributed by atoms with Crippen molar-refractivity contribution in [2.24, 2.45) is 5.92 Å². The number of hydrogen-bond acceptors (Lipinski definition) is 2. The first-order valence-electron chi connectivity index (χ1n) is 7.40. The second-order valence-electron chi connectivity index (χ2n) is 5.88. The van der Waals surface area contributed by atoms with Crippen molar-refractivity contribution in [3.63, 3.8) is 0 Å². The summed E-state index contributed by atoms with van der Waals surface area (Å²) in [7, 11) is 1.91. The Hall–Kier alpha value is -1.00. The summed E-state index contributed by atoms with van der Waals surface area (Å²) in [6.07, 6.45) is 2.16. The lowest BCUT2D eigenvalue weighted by molar-refractivity contribution is 0.0609. The van der Waals surface area contributed by atoms with Crippen LogP contribution in [0.3, 0.4) is 0 Å². The van der Waals surface area contributed by atoms with Crippen molar-refractivity contribution in [3.8, 4) is 0 Å². The van der Waals surface area contributed by atoms with Gasteiger partial charge in [0.25, 0.3) is 0 Å². The van der Waals surface area contributed by atoms with Gasteiger partial charge in [0.15, 0.2) is 11.6 Å². The van der Waals surface area contributed by atoms with Crippen LogP contribution in [0.1, 0.15) is 38.3 Å². The van der Waals surface area contributed by atoms with Gasteiger partial charge < -0.3 is 5.32 Å². The van der Waals surface area contributed by atoms with Gasteiger partial charge in [0, 0.05) is 17.6 Å². The Balaban J connectivity index is 2.40. The Bertz CT molecular complexity index is 446. The molecular weight excluding hydrogens is 258 g/mol. The van der Waals surface area contributed by atoms with Crippen molar-refractivity contribution >= 4 is 0 Å². The molecule has 0 spiro atoms. The summed E-state index contributed by atoms with van der Waals surface area (Å²) >= 11 is 0. The van der Waals surface area contributed by atoms with E-state index in [1.807, 2.05) is 7.05 Å². The lowest BCUT2D eigenvalue weighted by atomic mass is 9.83. The third-order valence-electron chi connectivity index (χ3n) is 4.22. The number of piperidine rings is 1. The molecule has 1 heterocycles. The summed E-state index contributed by atoms with van der Waals surface area (Å²) in [6.45, 7) is 6.00. The molecule has 0 amide bonds. The molecule has 2 unspecified atom stereocenters. The molecule has 0 radical (unpaired) electrons. The van der Waals surface area contributed by atoms with E-state index in [-0.39, 0.29) is 6.04 Å². The number of nitrogens with one attached hydrogen (secondary N) is 1. The lowest BCUT2D eigenvalue weighted by Gasteiger charge is -2.44. The predicted molar refractivity (Wildman–Crippen MR) is 77.6 cm³/mol. The molecule has 2 nitrogen and oxygen atoms in total. The van der Waals surface area contributed by atoms with Crippen LogP contribution in [0.5, 0.6) is 0 Å². The van der Waals surface area contributed by atoms with Gasteiger partial charge in [-0.25, -0.2) is 8.78 Å². The van der Waals surface area contributed by atoms with Gasteiger partial charge in [0.05, 0.1) is 0 Å². The van der Waals surface area contributed by atoms with Crippen molar-refractivity contribution in [1.29, 1.82) is 0 Å². The molecule has 0 bridgehead atoms. The smallest absolute Gasteiger partial charge is 0.163 e. The maximum atomic E-state index is 14.2. The topological polar surface area (TPSA) is 15.3 Å². The number of nitrogens with zero attached hydrogens (tertiary/aromatic N) is 1. The highest BCUT2D eigenvalue weighted by atomic mass is 19.2. The van der Waals surface area contributed by atoms with Gasteiger partial charge in [-0.2, -0.15) is 0 Å². The number of benzene rings is 1. The van der Waals surface area contributed by atoms with E-state index in [0.29, 0.717) is 17.5 Å². The van der Waals surface area contributed by atoms with E-state index in [4.69, 9.17) is 0 Å². The van der Waals surface area contributed by atoms with Gasteiger partial charge in [-0.3, -0.25) is 4.90 Å². The summed E-state index contributed by atoms with van der Waals surface area (Å²) in [5, 5.41) is 3.19. The highest BCUT2D eigenvalue weighted by molar-refractivity contribution is 5.24. The molecule has 1 aromatic rings. The summed E-state index contributed by atoms with van der Waals surface area (Å²) in [4.78, 5) is 2.30. The minimum absolute atomic E-state index is 0.0492. The highest BCUT2D eigenvalue weighted by Crippen LogP contribution is 2.38. The predicted octanol–water partition coefficient (Wildman–Crippen LogP) is 3.35. The zero-order valence-electron chi connectivity index (χ0n) is 12.5. The SMILES string of the molecule is CNCC1CCCN(C(C)C)C1c1cccc(F)c1F. The molecule has 1 N–H and O–H groups in total. The molecule has 0 saturated carbocycles. The van der Waals surface area contributed by atoms with Crippen molar-refractivity contribution in [2.45, 2.75) is 38.8 Å². The summed E-state index contributed by atoms with van der Waals surface area (Å²) in [5.74, 6) is -1.13. The molecule has 1 fully saturated rings. The highest BCUT2D eigenvalue weighted by Gasteiger charge is 2.35. The summed E-state index contributed by atoms with van der Waals surface area (Å²) in [5.41, 5.74) is 0.499. The fourth-order valence-electron chi connectivity index (χ4n) is 3.34. The number of likely N-dealkylation sites (tertiary alicyclic amines) is 1. The monoisotopic (exact) mass is 282 g/mol. The molecule has 1 aromatic carbocycles. The third kappa shape index (κ3) is 3.01. The lowest BCUT2D eigenvalue weighted by Crippen LogP contribution is -2.45. The molecule has 112 valence electrons. The van der Waals surface area contributed by atoms with Gasteiger partial charge in [-0.15, -0.1) is 0 Å². The number of hydrogen-bond donors (Lipinski definition) is 1. The van der Waals surface area contributed by atoms with Crippen LogP contribution in [-0.4, -0.2) is 31.1 Å². The van der Waals surface area contributed by atoms with E-state index in [1.54, 1.807) is 12.1 Å². The molecule has 1 saturated heterocycles. The van der Waals surface area contributed by atoms with Crippen LogP contribution < -0.4 is 5.32 Å². The van der Waals surface area contributed by atoms with E-state index < -0.39 is 11.6 Å². The van der Waals surface area contributed by atoms with Crippen LogP contribution in [0.2, 0.25) is 0 Å². The van der Waals surface area contributed by atoms with Gasteiger partial charge >= 0.3 is 0 Å². The van der Waals surface area contributed by atoms with Gasteiger partial charge in [0.2, 0.25) is 0 Å². The molecule has 0 aliphatic carbocycles. The molecule has 20 heavy (non-hydrogen) atoms. The first-order chi connectivity index (χ1) is 9.56. The molecule has 1 aliphatic heterocycles. The number of halogens is 2. The Labute approximate surface area is 120 Å². The van der Waals surface area contributed by atoms with Crippen LogP contribution in [0.4, 0.5) is 8.78 Å². The molecule has 0 aromatic heterocycles. The average molecular weight is 282 g/mol. The summed E-state index contributed by atoms with van der Waals surface area (Å²) in [6, 6.07) is 4.80. The van der Waals surface area contributed by atoms with E-state index in [9.17, 15) is 8.78 Å². The van der Waals surface area contributed by atoms with Crippen LogP contribution in [0.25, 0.3) is 0 Å². The molecule has 2 rings (SSSR count). The third-order valence-corrected chi connectivity index (χ3v) is 4.22. The Morgan fingerprint density at radius 2 is 2.10 bits per heavy atom. The van der Waals surface area contributed by atoms with Crippen LogP contribution in [-0.2, 0) is 0 Å². The van der Waals surface area contributed by atoms with Gasteiger partial charge in [-0.05, 0) is 58.8 Å². The molecular formula is C16H24F2N2. The summed E-state index contributed by atoms with van der Waals surface area (Å²) < 4.78 is 27.8. The Morgan fingerprint density at radius 1 is 1.35 bits per heavy atom. The number of rotatable bonds is 4. The van der Waals surface area contributed by atoms with E-state index in [2.05, 4.69) is 24.1 Å². The first-order valence-corrected chi connectivity index (χ1v) is 7.40. The minimum Gasteiger partial charge on any atom is -0.319 e. The fraction of sp³-hybridized carbons (Fsp3) is 0.625. The van der Waals surface area contributed by atoms with Crippen molar-refractivity contribution in [3.05, 3.63) is 35.4 Å². The van der Waals surface area contributed by atoms with Crippen molar-refractivity contribution in [2.75, 3.05) is 20.1 Å². The fourth-order valence-corrected chi connectivity index (χ4v) is 3.34. The normalized spacial score (nSPS) is 24.3. The van der Waals surface area contributed by atoms with Crippen molar-refractivity contribution < 1.29 is 8.78 Å². The largest absolute Gasteiger partial charge is 0.319 e. The maximum Gasteiger partial charge on any atom is 0.163 e. The zero-order chi connectivity index (χ0) is 14.7. The van der Waals surface area contributed by atoms with E-state index in [1.165, 1.54) is 6.07 Å². The molecule has 4 heteroatoms. The second kappa shape index (κ2) is 6.64. The quantitative estimate of drug-likeness (QED) is 0.911. The molecule has 2 atom stereocenters. The average Bonchev–Trinajstić information content (AvgIpc) is 2.42. The van der Waals surface area contributed by atoms with Crippen LogP contribution in [0.15, 0.2) is 18.2 Å². The van der Waals surface area contributed by atoms with Crippen LogP contribution >= 0.6 is 0 Å². The van der Waals surface area contributed by atoms with Crippen LogP contribution in [0, 0.1) is 17.6 Å². The Kier molecular flexibility index (Phi) is 5.11. The van der Waals surface area contributed by atoms with E-state index in [0.717, 1.165) is 25.9 Å².